The largest absolute Gasteiger partial charge is 0.480 e. The molecule has 1 aliphatic rings. The van der Waals surface area contributed by atoms with E-state index in [0.717, 1.165) is 0 Å². The topological polar surface area (TPSA) is 101 Å². The van der Waals surface area contributed by atoms with Gasteiger partial charge in [0, 0.05) is 19.0 Å². The summed E-state index contributed by atoms with van der Waals surface area (Å²) in [6.07, 6.45) is 2.96. The second-order valence-electron chi connectivity index (χ2n) is 4.17. The summed E-state index contributed by atoms with van der Waals surface area (Å²) in [4.78, 5) is 15.0. The first kappa shape index (κ1) is 13.4. The number of nitrogens with zero attached hydrogens (tertiary/aromatic N) is 2. The number of hydrogen-bond donors (Lipinski definition) is 2. The van der Waals surface area contributed by atoms with Crippen molar-refractivity contribution in [2.45, 2.75) is 17.0 Å². The standard InChI is InChI=1S/C9H13N3O4S2/c1-12-4-7(10-6-12)18(15,16)11-9(8(13)14)2-3-17-5-9/h4,6,11H,2-3,5H2,1H3,(H,13,14). The number of imidazole rings is 1. The van der Waals surface area contributed by atoms with Crippen molar-refractivity contribution in [3.8, 4) is 0 Å². The van der Waals surface area contributed by atoms with E-state index in [2.05, 4.69) is 9.71 Å². The van der Waals surface area contributed by atoms with E-state index in [0.29, 0.717) is 5.75 Å². The van der Waals surface area contributed by atoms with Gasteiger partial charge in [-0.25, -0.2) is 13.4 Å². The molecule has 100 valence electrons. The molecule has 0 saturated carbocycles. The van der Waals surface area contributed by atoms with Crippen molar-refractivity contribution in [3.05, 3.63) is 12.5 Å². The molecule has 9 heteroatoms. The summed E-state index contributed by atoms with van der Waals surface area (Å²) in [6.45, 7) is 0. The summed E-state index contributed by atoms with van der Waals surface area (Å²) in [7, 11) is -2.26. The second-order valence-corrected chi connectivity index (χ2v) is 6.91. The molecule has 1 aromatic heterocycles. The molecular weight excluding hydrogens is 278 g/mol. The average molecular weight is 291 g/mol. The van der Waals surface area contributed by atoms with Gasteiger partial charge in [0.1, 0.15) is 5.54 Å². The zero-order chi connectivity index (χ0) is 13.4. The first-order valence-corrected chi connectivity index (χ1v) is 7.83. The smallest absolute Gasteiger partial charge is 0.325 e. The zero-order valence-electron chi connectivity index (χ0n) is 9.66. The van der Waals surface area contributed by atoms with E-state index in [4.69, 9.17) is 0 Å². The number of hydrogen-bond acceptors (Lipinski definition) is 5. The number of carboxylic acids is 1. The number of aliphatic carboxylic acids is 1. The van der Waals surface area contributed by atoms with Crippen molar-refractivity contribution in [2.75, 3.05) is 11.5 Å². The summed E-state index contributed by atoms with van der Waals surface area (Å²) < 4.78 is 27.9. The van der Waals surface area contributed by atoms with Gasteiger partial charge in [-0.3, -0.25) is 4.79 Å². The number of carboxylic acid groups (broad SMARTS) is 1. The summed E-state index contributed by atoms with van der Waals surface area (Å²) in [6, 6.07) is 0. The molecule has 2 heterocycles. The number of carbonyl (C=O) groups is 1. The van der Waals surface area contributed by atoms with Crippen LogP contribution in [0, 0.1) is 0 Å². The fourth-order valence-corrected chi connectivity index (χ4v) is 4.48. The van der Waals surface area contributed by atoms with Crippen molar-refractivity contribution < 1.29 is 18.3 Å². The van der Waals surface area contributed by atoms with Crippen LogP contribution in [0.5, 0.6) is 0 Å². The van der Waals surface area contributed by atoms with Gasteiger partial charge in [-0.1, -0.05) is 0 Å². The van der Waals surface area contributed by atoms with Gasteiger partial charge >= 0.3 is 5.97 Å². The minimum Gasteiger partial charge on any atom is -0.480 e. The van der Waals surface area contributed by atoms with Gasteiger partial charge < -0.3 is 9.67 Å². The monoisotopic (exact) mass is 291 g/mol. The van der Waals surface area contributed by atoms with E-state index in [-0.39, 0.29) is 17.2 Å². The number of rotatable bonds is 4. The Morgan fingerprint density at radius 3 is 2.83 bits per heavy atom. The highest BCUT2D eigenvalue weighted by Crippen LogP contribution is 2.29. The van der Waals surface area contributed by atoms with Crippen LogP contribution < -0.4 is 4.72 Å². The highest BCUT2D eigenvalue weighted by molar-refractivity contribution is 7.99. The van der Waals surface area contributed by atoms with Crippen LogP contribution in [0.15, 0.2) is 17.6 Å². The molecule has 1 aliphatic heterocycles. The third-order valence-corrected chi connectivity index (χ3v) is 5.33. The van der Waals surface area contributed by atoms with Crippen molar-refractivity contribution in [3.63, 3.8) is 0 Å². The molecule has 1 unspecified atom stereocenters. The van der Waals surface area contributed by atoms with Gasteiger partial charge in [-0.15, -0.1) is 0 Å². The molecule has 7 nitrogen and oxygen atoms in total. The van der Waals surface area contributed by atoms with E-state index < -0.39 is 21.5 Å². The molecule has 0 amide bonds. The maximum atomic E-state index is 12.1. The Kier molecular flexibility index (Phi) is 3.39. The molecular formula is C9H13N3O4S2. The van der Waals surface area contributed by atoms with Gasteiger partial charge in [0.05, 0.1) is 6.33 Å². The Balaban J connectivity index is 2.29. The van der Waals surface area contributed by atoms with Gasteiger partial charge in [-0.05, 0) is 12.2 Å². The second kappa shape index (κ2) is 4.56. The number of thioether (sulfide) groups is 1. The van der Waals surface area contributed by atoms with Crippen molar-refractivity contribution >= 4 is 27.8 Å². The van der Waals surface area contributed by atoms with Crippen LogP contribution in [0.1, 0.15) is 6.42 Å². The zero-order valence-corrected chi connectivity index (χ0v) is 11.3. The number of aryl methyl sites for hydroxylation is 1. The molecule has 0 aliphatic carbocycles. The van der Waals surface area contributed by atoms with Crippen LogP contribution in [0.3, 0.4) is 0 Å². The van der Waals surface area contributed by atoms with E-state index in [9.17, 15) is 18.3 Å². The Hall–Kier alpha value is -1.06. The Morgan fingerprint density at radius 2 is 2.39 bits per heavy atom. The van der Waals surface area contributed by atoms with Crippen molar-refractivity contribution in [2.24, 2.45) is 7.05 Å². The minimum atomic E-state index is -3.90. The molecule has 2 rings (SSSR count). The molecule has 18 heavy (non-hydrogen) atoms. The quantitative estimate of drug-likeness (QED) is 0.787. The number of aromatic nitrogens is 2. The third-order valence-electron chi connectivity index (χ3n) is 2.72. The molecule has 0 aromatic carbocycles. The van der Waals surface area contributed by atoms with Crippen LogP contribution in [0.2, 0.25) is 0 Å². The maximum Gasteiger partial charge on any atom is 0.325 e. The predicted molar refractivity (Wildman–Crippen MR) is 65.8 cm³/mol. The normalized spacial score (nSPS) is 24.3. The van der Waals surface area contributed by atoms with Crippen molar-refractivity contribution in [1.82, 2.24) is 14.3 Å². The van der Waals surface area contributed by atoms with Crippen LogP contribution in [-0.2, 0) is 21.9 Å². The first-order valence-electron chi connectivity index (χ1n) is 5.19. The summed E-state index contributed by atoms with van der Waals surface area (Å²) >= 11 is 1.42. The van der Waals surface area contributed by atoms with Crippen LogP contribution in [0.4, 0.5) is 0 Å². The molecule has 0 radical (unpaired) electrons. The lowest BCUT2D eigenvalue weighted by atomic mass is 10.0. The fourth-order valence-electron chi connectivity index (χ4n) is 1.69. The van der Waals surface area contributed by atoms with Crippen LogP contribution in [0.25, 0.3) is 0 Å². The summed E-state index contributed by atoms with van der Waals surface area (Å²) in [5.41, 5.74) is -1.42. The lowest BCUT2D eigenvalue weighted by Gasteiger charge is -2.23. The van der Waals surface area contributed by atoms with Gasteiger partial charge in [0.15, 0.2) is 5.03 Å². The average Bonchev–Trinajstić information content (AvgIpc) is 2.87. The van der Waals surface area contributed by atoms with Gasteiger partial charge in [0.2, 0.25) is 0 Å². The predicted octanol–water partition coefficient (Wildman–Crippen LogP) is -0.341. The van der Waals surface area contributed by atoms with Crippen LogP contribution in [-0.4, -0.2) is 46.1 Å². The first-order chi connectivity index (χ1) is 8.36. The molecule has 1 saturated heterocycles. The Morgan fingerprint density at radius 1 is 1.67 bits per heavy atom. The molecule has 0 bridgehead atoms. The highest BCUT2D eigenvalue weighted by Gasteiger charge is 2.45. The fraction of sp³-hybridized carbons (Fsp3) is 0.556. The number of nitrogens with one attached hydrogen (secondary N) is 1. The highest BCUT2D eigenvalue weighted by atomic mass is 32.2. The van der Waals surface area contributed by atoms with Crippen molar-refractivity contribution in [1.29, 1.82) is 0 Å². The minimum absolute atomic E-state index is 0.164. The lowest BCUT2D eigenvalue weighted by Crippen LogP contribution is -2.54. The molecule has 2 N–H and O–H groups in total. The molecule has 1 atom stereocenters. The lowest BCUT2D eigenvalue weighted by molar-refractivity contribution is -0.142. The Bertz CT molecular complexity index is 560. The van der Waals surface area contributed by atoms with Crippen LogP contribution >= 0.6 is 11.8 Å². The SMILES string of the molecule is Cn1cnc(S(=O)(=O)NC2(C(=O)O)CCSC2)c1. The van der Waals surface area contributed by atoms with E-state index in [1.54, 1.807) is 7.05 Å². The molecule has 0 spiro atoms. The van der Waals surface area contributed by atoms with Gasteiger partial charge in [0.25, 0.3) is 10.0 Å². The maximum absolute atomic E-state index is 12.1. The molecule has 1 aromatic rings. The van der Waals surface area contributed by atoms with E-state index in [1.807, 2.05) is 0 Å². The van der Waals surface area contributed by atoms with E-state index in [1.165, 1.54) is 28.9 Å². The molecule has 1 fully saturated rings. The third kappa shape index (κ3) is 2.38. The summed E-state index contributed by atoms with van der Waals surface area (Å²) in [5, 5.41) is 9.05. The summed E-state index contributed by atoms with van der Waals surface area (Å²) in [5.74, 6) is -0.294. The Labute approximate surface area is 109 Å². The van der Waals surface area contributed by atoms with Gasteiger partial charge in [-0.2, -0.15) is 16.5 Å². The number of sulfonamides is 1. The van der Waals surface area contributed by atoms with E-state index >= 15 is 0 Å².